The SMILES string of the molecule is O=C(CC1CC2CCC1C2)Nc1cccc(S(=O)(=O)NC2=NCCC2)c1. The second-order valence-corrected chi connectivity index (χ2v) is 9.43. The molecular weight excluding hydrogens is 350 g/mol. The number of hydrogen-bond acceptors (Lipinski definition) is 4. The number of nitrogens with one attached hydrogen (secondary N) is 2. The Balaban J connectivity index is 1.39. The Bertz CT molecular complexity index is 834. The number of fused-ring (bicyclic) bond motifs is 2. The third-order valence-electron chi connectivity index (χ3n) is 5.89. The van der Waals surface area contributed by atoms with Crippen LogP contribution in [0.25, 0.3) is 0 Å². The fourth-order valence-corrected chi connectivity index (χ4v) is 5.79. The van der Waals surface area contributed by atoms with E-state index in [1.54, 1.807) is 12.1 Å². The van der Waals surface area contributed by atoms with Gasteiger partial charge in [-0.05, 0) is 61.6 Å². The number of nitrogens with zero attached hydrogens (tertiary/aromatic N) is 1. The number of sulfonamides is 1. The molecule has 1 amide bonds. The van der Waals surface area contributed by atoms with Gasteiger partial charge in [0.1, 0.15) is 5.84 Å². The predicted molar refractivity (Wildman–Crippen MR) is 100 cm³/mol. The quantitative estimate of drug-likeness (QED) is 0.829. The molecule has 2 fully saturated rings. The maximum absolute atomic E-state index is 12.5. The van der Waals surface area contributed by atoms with Crippen LogP contribution in [0.4, 0.5) is 5.69 Å². The highest BCUT2D eigenvalue weighted by atomic mass is 32.2. The summed E-state index contributed by atoms with van der Waals surface area (Å²) in [5.74, 6) is 2.49. The smallest absolute Gasteiger partial charge is 0.262 e. The van der Waals surface area contributed by atoms with Gasteiger partial charge in [0, 0.05) is 25.1 Å². The van der Waals surface area contributed by atoms with E-state index < -0.39 is 10.0 Å². The number of amidine groups is 1. The van der Waals surface area contributed by atoms with E-state index in [1.165, 1.54) is 37.8 Å². The van der Waals surface area contributed by atoms with Gasteiger partial charge in [-0.3, -0.25) is 14.5 Å². The average Bonchev–Trinajstić information content (AvgIpc) is 3.33. The summed E-state index contributed by atoms with van der Waals surface area (Å²) in [5.41, 5.74) is 0.523. The second-order valence-electron chi connectivity index (χ2n) is 7.75. The minimum Gasteiger partial charge on any atom is -0.326 e. The van der Waals surface area contributed by atoms with Gasteiger partial charge in [0.05, 0.1) is 4.90 Å². The normalized spacial score (nSPS) is 27.4. The van der Waals surface area contributed by atoms with E-state index in [0.29, 0.717) is 42.7 Å². The predicted octanol–water partition coefficient (Wildman–Crippen LogP) is 2.92. The fraction of sp³-hybridized carbons (Fsp3) is 0.579. The lowest BCUT2D eigenvalue weighted by molar-refractivity contribution is -0.117. The zero-order valence-corrected chi connectivity index (χ0v) is 15.6. The zero-order chi connectivity index (χ0) is 18.1. The van der Waals surface area contributed by atoms with Crippen LogP contribution >= 0.6 is 0 Å². The number of amides is 1. The van der Waals surface area contributed by atoms with Crippen LogP contribution in [0.3, 0.4) is 0 Å². The molecule has 3 unspecified atom stereocenters. The second kappa shape index (κ2) is 7.02. The topological polar surface area (TPSA) is 87.6 Å². The Kier molecular flexibility index (Phi) is 4.73. The maximum Gasteiger partial charge on any atom is 0.262 e. The van der Waals surface area contributed by atoms with E-state index in [9.17, 15) is 13.2 Å². The highest BCUT2D eigenvalue weighted by molar-refractivity contribution is 7.90. The number of rotatable bonds is 5. The van der Waals surface area contributed by atoms with E-state index in [-0.39, 0.29) is 10.8 Å². The summed E-state index contributed by atoms with van der Waals surface area (Å²) in [6, 6.07) is 6.42. The van der Waals surface area contributed by atoms with Crippen molar-refractivity contribution in [3.63, 3.8) is 0 Å². The highest BCUT2D eigenvalue weighted by Crippen LogP contribution is 2.49. The van der Waals surface area contributed by atoms with Crippen LogP contribution in [-0.2, 0) is 14.8 Å². The van der Waals surface area contributed by atoms with Crippen molar-refractivity contribution in [1.82, 2.24) is 4.72 Å². The maximum atomic E-state index is 12.5. The van der Waals surface area contributed by atoms with Gasteiger partial charge in [-0.25, -0.2) is 8.42 Å². The van der Waals surface area contributed by atoms with Gasteiger partial charge in [-0.15, -0.1) is 0 Å². The van der Waals surface area contributed by atoms with E-state index in [1.807, 2.05) is 0 Å². The minimum atomic E-state index is -3.66. The Hall–Kier alpha value is -1.89. The molecule has 2 saturated carbocycles. The standard InChI is InChI=1S/C19H25N3O3S/c23-19(11-15-10-13-6-7-14(15)9-13)21-16-3-1-4-17(12-16)26(24,25)22-18-5-2-8-20-18/h1,3-4,12-15H,2,5-11H2,(H,20,22)(H,21,23). The molecule has 1 aromatic rings. The Morgan fingerprint density at radius 1 is 1.23 bits per heavy atom. The number of benzene rings is 1. The molecule has 2 bridgehead atoms. The van der Waals surface area contributed by atoms with Crippen molar-refractivity contribution in [2.24, 2.45) is 22.7 Å². The molecule has 2 aliphatic carbocycles. The van der Waals surface area contributed by atoms with E-state index in [0.717, 1.165) is 12.3 Å². The Labute approximate surface area is 154 Å². The number of carbonyl (C=O) groups excluding carboxylic acids is 1. The molecule has 26 heavy (non-hydrogen) atoms. The van der Waals surface area contributed by atoms with Crippen molar-refractivity contribution in [3.8, 4) is 0 Å². The number of hydrogen-bond donors (Lipinski definition) is 2. The van der Waals surface area contributed by atoms with E-state index in [2.05, 4.69) is 15.0 Å². The fourth-order valence-electron chi connectivity index (χ4n) is 4.65. The van der Waals surface area contributed by atoms with Crippen LogP contribution in [0.5, 0.6) is 0 Å². The van der Waals surface area contributed by atoms with Gasteiger partial charge in [0.25, 0.3) is 10.0 Å². The van der Waals surface area contributed by atoms with Gasteiger partial charge < -0.3 is 5.32 Å². The van der Waals surface area contributed by atoms with Crippen molar-refractivity contribution in [1.29, 1.82) is 0 Å². The van der Waals surface area contributed by atoms with Crippen LogP contribution < -0.4 is 10.0 Å². The molecule has 140 valence electrons. The number of carbonyl (C=O) groups is 1. The minimum absolute atomic E-state index is 0.0229. The largest absolute Gasteiger partial charge is 0.326 e. The molecule has 0 aromatic heterocycles. The molecule has 7 heteroatoms. The van der Waals surface area contributed by atoms with Gasteiger partial charge in [-0.1, -0.05) is 12.5 Å². The summed E-state index contributed by atoms with van der Waals surface area (Å²) in [6.07, 6.45) is 7.08. The van der Waals surface area contributed by atoms with Crippen LogP contribution in [0, 0.1) is 17.8 Å². The zero-order valence-electron chi connectivity index (χ0n) is 14.8. The lowest BCUT2D eigenvalue weighted by Gasteiger charge is -2.21. The summed E-state index contributed by atoms with van der Waals surface area (Å²) in [4.78, 5) is 16.7. The molecule has 1 aliphatic heterocycles. The van der Waals surface area contributed by atoms with Crippen molar-refractivity contribution in [2.75, 3.05) is 11.9 Å². The van der Waals surface area contributed by atoms with Gasteiger partial charge in [-0.2, -0.15) is 0 Å². The number of anilines is 1. The summed E-state index contributed by atoms with van der Waals surface area (Å²) >= 11 is 0. The molecule has 1 heterocycles. The number of aliphatic imine (C=N–C) groups is 1. The van der Waals surface area contributed by atoms with Crippen molar-refractivity contribution >= 4 is 27.5 Å². The molecule has 0 spiro atoms. The third-order valence-corrected chi connectivity index (χ3v) is 7.27. The first-order chi connectivity index (χ1) is 12.5. The average molecular weight is 375 g/mol. The van der Waals surface area contributed by atoms with Crippen LogP contribution in [0.2, 0.25) is 0 Å². The summed E-state index contributed by atoms with van der Waals surface area (Å²) in [5, 5.41) is 2.87. The molecule has 1 aromatic carbocycles. The monoisotopic (exact) mass is 375 g/mol. The Morgan fingerprint density at radius 2 is 2.12 bits per heavy atom. The van der Waals surface area contributed by atoms with E-state index in [4.69, 9.17) is 0 Å². The van der Waals surface area contributed by atoms with Crippen molar-refractivity contribution < 1.29 is 13.2 Å². The first-order valence-electron chi connectivity index (χ1n) is 9.46. The molecule has 6 nitrogen and oxygen atoms in total. The van der Waals surface area contributed by atoms with Gasteiger partial charge >= 0.3 is 0 Å². The lowest BCUT2D eigenvalue weighted by Crippen LogP contribution is -2.29. The van der Waals surface area contributed by atoms with Gasteiger partial charge in [0.15, 0.2) is 0 Å². The molecule has 0 radical (unpaired) electrons. The van der Waals surface area contributed by atoms with Crippen molar-refractivity contribution in [2.45, 2.75) is 49.8 Å². The van der Waals surface area contributed by atoms with Crippen LogP contribution in [0.15, 0.2) is 34.2 Å². The summed E-state index contributed by atoms with van der Waals surface area (Å²) in [6.45, 7) is 0.664. The van der Waals surface area contributed by atoms with Crippen LogP contribution in [-0.4, -0.2) is 26.7 Å². The molecule has 4 rings (SSSR count). The molecule has 3 aliphatic rings. The van der Waals surface area contributed by atoms with E-state index >= 15 is 0 Å². The molecule has 3 atom stereocenters. The third kappa shape index (κ3) is 3.77. The first-order valence-corrected chi connectivity index (χ1v) is 10.9. The lowest BCUT2D eigenvalue weighted by atomic mass is 9.86. The van der Waals surface area contributed by atoms with Crippen LogP contribution in [0.1, 0.15) is 44.9 Å². The Morgan fingerprint density at radius 3 is 2.81 bits per heavy atom. The molecule has 2 N–H and O–H groups in total. The van der Waals surface area contributed by atoms with Crippen molar-refractivity contribution in [3.05, 3.63) is 24.3 Å². The summed E-state index contributed by atoms with van der Waals surface area (Å²) < 4.78 is 27.5. The molecular formula is C19H25N3O3S. The summed E-state index contributed by atoms with van der Waals surface area (Å²) in [7, 11) is -3.66. The van der Waals surface area contributed by atoms with Gasteiger partial charge in [0.2, 0.25) is 5.91 Å². The molecule has 0 saturated heterocycles. The highest BCUT2D eigenvalue weighted by Gasteiger charge is 2.40. The first kappa shape index (κ1) is 17.5.